The maximum Gasteiger partial charge on any atom is 0.411 e. The van der Waals surface area contributed by atoms with Gasteiger partial charge in [-0.25, -0.2) is 0 Å². The van der Waals surface area contributed by atoms with E-state index >= 15 is 0 Å². The largest absolute Gasteiger partial charge is 0.468 e. The van der Waals surface area contributed by atoms with Gasteiger partial charge in [0, 0.05) is 5.56 Å². The SMILES string of the molecule is CC(=O)c1cccc(OCOCC(F)(F)F)c1. The molecule has 0 aliphatic heterocycles. The minimum absolute atomic E-state index is 0.147. The number of benzene rings is 1. The van der Waals surface area contributed by atoms with E-state index in [9.17, 15) is 18.0 Å². The van der Waals surface area contributed by atoms with Crippen LogP contribution in [0.5, 0.6) is 5.75 Å². The summed E-state index contributed by atoms with van der Waals surface area (Å²) in [7, 11) is 0. The number of ether oxygens (including phenoxy) is 2. The van der Waals surface area contributed by atoms with Gasteiger partial charge in [-0.05, 0) is 19.1 Å². The van der Waals surface area contributed by atoms with Gasteiger partial charge in [0.2, 0.25) is 0 Å². The number of carbonyl (C=O) groups is 1. The van der Waals surface area contributed by atoms with Crippen LogP contribution in [0.4, 0.5) is 13.2 Å². The van der Waals surface area contributed by atoms with E-state index in [0.717, 1.165) is 0 Å². The van der Waals surface area contributed by atoms with Crippen LogP contribution in [-0.4, -0.2) is 25.4 Å². The molecule has 0 spiro atoms. The Morgan fingerprint density at radius 1 is 1.35 bits per heavy atom. The predicted molar refractivity (Wildman–Crippen MR) is 53.9 cm³/mol. The average molecular weight is 248 g/mol. The number of alkyl halides is 3. The monoisotopic (exact) mass is 248 g/mol. The van der Waals surface area contributed by atoms with Gasteiger partial charge >= 0.3 is 6.18 Å². The van der Waals surface area contributed by atoms with Crippen molar-refractivity contribution in [3.63, 3.8) is 0 Å². The third kappa shape index (κ3) is 5.35. The van der Waals surface area contributed by atoms with Gasteiger partial charge in [-0.1, -0.05) is 12.1 Å². The molecule has 0 aliphatic carbocycles. The molecule has 0 aromatic heterocycles. The lowest BCUT2D eigenvalue weighted by atomic mass is 10.1. The third-order valence-corrected chi connectivity index (χ3v) is 1.82. The van der Waals surface area contributed by atoms with Crippen molar-refractivity contribution in [1.82, 2.24) is 0 Å². The molecule has 0 aliphatic rings. The summed E-state index contributed by atoms with van der Waals surface area (Å²) < 4.78 is 44.4. The van der Waals surface area contributed by atoms with E-state index in [1.807, 2.05) is 0 Å². The van der Waals surface area contributed by atoms with E-state index in [0.29, 0.717) is 11.3 Å². The van der Waals surface area contributed by atoms with E-state index < -0.39 is 19.6 Å². The fourth-order valence-corrected chi connectivity index (χ4v) is 1.07. The maximum absolute atomic E-state index is 11.7. The van der Waals surface area contributed by atoms with Crippen LogP contribution in [0.25, 0.3) is 0 Å². The molecule has 0 saturated heterocycles. The molecule has 0 amide bonds. The Morgan fingerprint density at radius 2 is 2.06 bits per heavy atom. The lowest BCUT2D eigenvalue weighted by Crippen LogP contribution is -2.19. The standard InChI is InChI=1S/C11H11F3O3/c1-8(15)9-3-2-4-10(5-9)17-7-16-6-11(12,13)14/h2-5H,6-7H2,1H3. The summed E-state index contributed by atoms with van der Waals surface area (Å²) >= 11 is 0. The molecule has 0 saturated carbocycles. The summed E-state index contributed by atoms with van der Waals surface area (Å²) in [5, 5.41) is 0. The van der Waals surface area contributed by atoms with Crippen LogP contribution in [0.1, 0.15) is 17.3 Å². The molecule has 0 radical (unpaired) electrons. The van der Waals surface area contributed by atoms with Gasteiger partial charge in [-0.2, -0.15) is 13.2 Å². The van der Waals surface area contributed by atoms with Crippen LogP contribution in [0, 0.1) is 0 Å². The van der Waals surface area contributed by atoms with Crippen molar-refractivity contribution < 1.29 is 27.4 Å². The second-order valence-corrected chi connectivity index (χ2v) is 3.31. The van der Waals surface area contributed by atoms with Crippen LogP contribution in [0.2, 0.25) is 0 Å². The molecule has 1 rings (SSSR count). The molecule has 1 aromatic rings. The van der Waals surface area contributed by atoms with E-state index in [-0.39, 0.29) is 5.78 Å². The Hall–Kier alpha value is -1.56. The predicted octanol–water partition coefficient (Wildman–Crippen LogP) is 2.80. The van der Waals surface area contributed by atoms with E-state index in [1.165, 1.54) is 19.1 Å². The Balaban J connectivity index is 2.42. The first-order valence-electron chi connectivity index (χ1n) is 4.77. The van der Waals surface area contributed by atoms with Crippen LogP contribution in [0.15, 0.2) is 24.3 Å². The number of Topliss-reactive ketones (excluding diaryl/α,β-unsaturated/α-hetero) is 1. The average Bonchev–Trinajstić information content (AvgIpc) is 2.23. The molecular weight excluding hydrogens is 237 g/mol. The smallest absolute Gasteiger partial charge is 0.411 e. The summed E-state index contributed by atoms with van der Waals surface area (Å²) in [5.74, 6) is 0.145. The second-order valence-electron chi connectivity index (χ2n) is 3.31. The Kier molecular flexibility index (Phi) is 4.51. The molecule has 6 heteroatoms. The lowest BCUT2D eigenvalue weighted by Gasteiger charge is -2.09. The molecule has 0 unspecified atom stereocenters. The number of ketones is 1. The van der Waals surface area contributed by atoms with E-state index in [4.69, 9.17) is 4.74 Å². The van der Waals surface area contributed by atoms with Crippen LogP contribution in [-0.2, 0) is 4.74 Å². The minimum atomic E-state index is -4.37. The summed E-state index contributed by atoms with van der Waals surface area (Å²) in [6, 6.07) is 6.14. The van der Waals surface area contributed by atoms with Crippen molar-refractivity contribution in [2.75, 3.05) is 13.4 Å². The van der Waals surface area contributed by atoms with Gasteiger partial charge in [0.05, 0.1) is 0 Å². The van der Waals surface area contributed by atoms with Gasteiger partial charge in [0.25, 0.3) is 0 Å². The highest BCUT2D eigenvalue weighted by Gasteiger charge is 2.27. The number of rotatable bonds is 5. The fourth-order valence-electron chi connectivity index (χ4n) is 1.07. The van der Waals surface area contributed by atoms with Crippen molar-refractivity contribution in [3.8, 4) is 5.75 Å². The molecule has 0 atom stereocenters. The quantitative estimate of drug-likeness (QED) is 0.456. The highest BCUT2D eigenvalue weighted by Crippen LogP contribution is 2.16. The van der Waals surface area contributed by atoms with Crippen LogP contribution >= 0.6 is 0 Å². The number of carbonyl (C=O) groups excluding carboxylic acids is 1. The third-order valence-electron chi connectivity index (χ3n) is 1.82. The van der Waals surface area contributed by atoms with Crippen molar-refractivity contribution in [2.24, 2.45) is 0 Å². The minimum Gasteiger partial charge on any atom is -0.468 e. The van der Waals surface area contributed by atoms with Gasteiger partial charge in [0.15, 0.2) is 12.6 Å². The Bertz CT molecular complexity index is 388. The highest BCUT2D eigenvalue weighted by molar-refractivity contribution is 5.94. The van der Waals surface area contributed by atoms with Crippen molar-refractivity contribution >= 4 is 5.78 Å². The number of halogens is 3. The van der Waals surface area contributed by atoms with Crippen molar-refractivity contribution in [3.05, 3.63) is 29.8 Å². The van der Waals surface area contributed by atoms with Crippen LogP contribution in [0.3, 0.4) is 0 Å². The highest BCUT2D eigenvalue weighted by atomic mass is 19.4. The topological polar surface area (TPSA) is 35.5 Å². The van der Waals surface area contributed by atoms with Crippen molar-refractivity contribution in [1.29, 1.82) is 0 Å². The molecule has 17 heavy (non-hydrogen) atoms. The van der Waals surface area contributed by atoms with Gasteiger partial charge in [0.1, 0.15) is 12.4 Å². The first-order valence-corrected chi connectivity index (χ1v) is 4.77. The molecule has 0 bridgehead atoms. The molecule has 0 fully saturated rings. The lowest BCUT2D eigenvalue weighted by molar-refractivity contribution is -0.186. The Labute approximate surface area is 96.1 Å². The van der Waals surface area contributed by atoms with Gasteiger partial charge in [-0.15, -0.1) is 0 Å². The fraction of sp³-hybridized carbons (Fsp3) is 0.364. The molecule has 3 nitrogen and oxygen atoms in total. The van der Waals surface area contributed by atoms with Crippen LogP contribution < -0.4 is 4.74 Å². The molecule has 0 N–H and O–H groups in total. The molecule has 0 heterocycles. The van der Waals surface area contributed by atoms with Crippen molar-refractivity contribution in [2.45, 2.75) is 13.1 Å². The number of hydrogen-bond acceptors (Lipinski definition) is 3. The zero-order valence-corrected chi connectivity index (χ0v) is 9.08. The second kappa shape index (κ2) is 5.67. The summed E-state index contributed by atoms with van der Waals surface area (Å²) in [6.45, 7) is -0.487. The van der Waals surface area contributed by atoms with E-state index in [1.54, 1.807) is 12.1 Å². The molecular formula is C11H11F3O3. The normalized spacial score (nSPS) is 11.3. The maximum atomic E-state index is 11.7. The summed E-state index contributed by atoms with van der Waals surface area (Å²) in [5.41, 5.74) is 0.429. The molecule has 1 aromatic carbocycles. The first-order chi connectivity index (χ1) is 7.88. The van der Waals surface area contributed by atoms with E-state index in [2.05, 4.69) is 4.74 Å². The Morgan fingerprint density at radius 3 is 2.65 bits per heavy atom. The first kappa shape index (κ1) is 13.5. The number of hydrogen-bond donors (Lipinski definition) is 0. The molecule has 94 valence electrons. The zero-order valence-electron chi connectivity index (χ0n) is 9.08. The van der Waals surface area contributed by atoms with Gasteiger partial charge < -0.3 is 9.47 Å². The van der Waals surface area contributed by atoms with Gasteiger partial charge in [-0.3, -0.25) is 4.79 Å². The summed E-state index contributed by atoms with van der Waals surface area (Å²) in [6.07, 6.45) is -4.37. The zero-order chi connectivity index (χ0) is 12.9. The summed E-state index contributed by atoms with van der Waals surface area (Å²) in [4.78, 5) is 11.0.